The third-order valence-electron chi connectivity index (χ3n) is 4.37. The summed E-state index contributed by atoms with van der Waals surface area (Å²) in [5, 5.41) is 11.7. The molecule has 0 bridgehead atoms. The fourth-order valence-corrected chi connectivity index (χ4v) is 4.78. The zero-order chi connectivity index (χ0) is 21.0. The van der Waals surface area contributed by atoms with Crippen molar-refractivity contribution in [1.82, 2.24) is 4.98 Å². The van der Waals surface area contributed by atoms with Crippen molar-refractivity contribution in [3.8, 4) is 0 Å². The summed E-state index contributed by atoms with van der Waals surface area (Å²) >= 11 is 5.96. The van der Waals surface area contributed by atoms with E-state index < -0.39 is 14.9 Å². The highest BCUT2D eigenvalue weighted by Gasteiger charge is 2.29. The fraction of sp³-hybridized carbons (Fsp3) is 0.150. The standard InChI is InChI=1S/C20H18ClN3O4S/c1-2-16-5-8-19(24(25)26)12-20(16)29(27,28)23(14-15-4-3-11-22-13-15)18-9-6-17(21)7-10-18/h3-13H,2,14H2,1H3. The number of nitrogens with zero attached hydrogens (tertiary/aromatic N) is 3. The van der Waals surface area contributed by atoms with Gasteiger partial charge in [-0.3, -0.25) is 19.4 Å². The second-order valence-electron chi connectivity index (χ2n) is 6.25. The summed E-state index contributed by atoms with van der Waals surface area (Å²) in [5.74, 6) is 0. The van der Waals surface area contributed by atoms with Crippen LogP contribution in [0.1, 0.15) is 18.1 Å². The van der Waals surface area contributed by atoms with E-state index in [1.807, 2.05) is 0 Å². The fourth-order valence-electron chi connectivity index (χ4n) is 2.89. The second-order valence-corrected chi connectivity index (χ2v) is 8.52. The van der Waals surface area contributed by atoms with Crippen molar-refractivity contribution in [2.24, 2.45) is 0 Å². The van der Waals surface area contributed by atoms with E-state index in [0.29, 0.717) is 28.3 Å². The molecule has 0 unspecified atom stereocenters. The van der Waals surface area contributed by atoms with Gasteiger partial charge < -0.3 is 0 Å². The molecule has 0 N–H and O–H groups in total. The number of nitro groups is 1. The third kappa shape index (κ3) is 4.55. The van der Waals surface area contributed by atoms with E-state index in [1.165, 1.54) is 16.4 Å². The molecule has 0 amide bonds. The Balaban J connectivity index is 2.17. The minimum Gasteiger partial charge on any atom is -0.264 e. The van der Waals surface area contributed by atoms with Crippen molar-refractivity contribution in [3.63, 3.8) is 0 Å². The van der Waals surface area contributed by atoms with Crippen LogP contribution in [-0.4, -0.2) is 18.3 Å². The van der Waals surface area contributed by atoms with Crippen molar-refractivity contribution < 1.29 is 13.3 Å². The van der Waals surface area contributed by atoms with Gasteiger partial charge in [0.1, 0.15) is 0 Å². The lowest BCUT2D eigenvalue weighted by Crippen LogP contribution is -2.31. The van der Waals surface area contributed by atoms with Gasteiger partial charge in [0.25, 0.3) is 15.7 Å². The maximum Gasteiger partial charge on any atom is 0.270 e. The summed E-state index contributed by atoms with van der Waals surface area (Å²) in [5.41, 5.74) is 1.29. The molecule has 0 aliphatic heterocycles. The molecule has 3 rings (SSSR count). The van der Waals surface area contributed by atoms with Crippen molar-refractivity contribution >= 4 is 33.0 Å². The maximum absolute atomic E-state index is 13.6. The van der Waals surface area contributed by atoms with Gasteiger partial charge in [0, 0.05) is 29.5 Å². The van der Waals surface area contributed by atoms with E-state index in [9.17, 15) is 18.5 Å². The van der Waals surface area contributed by atoms with Gasteiger partial charge in [0.05, 0.1) is 22.1 Å². The highest BCUT2D eigenvalue weighted by atomic mass is 35.5. The predicted octanol–water partition coefficient (Wildman–Crippen LogP) is 4.60. The molecule has 0 saturated carbocycles. The Morgan fingerprint density at radius 3 is 2.45 bits per heavy atom. The first-order chi connectivity index (χ1) is 13.8. The average molecular weight is 432 g/mol. The molecule has 1 heterocycles. The minimum absolute atomic E-state index is 0.0175. The molecule has 0 aliphatic carbocycles. The first-order valence-electron chi connectivity index (χ1n) is 8.77. The van der Waals surface area contributed by atoms with Crippen LogP contribution < -0.4 is 4.31 Å². The van der Waals surface area contributed by atoms with Crippen LogP contribution in [0.3, 0.4) is 0 Å². The zero-order valence-corrected chi connectivity index (χ0v) is 17.1. The number of anilines is 1. The Hall–Kier alpha value is -2.97. The molecular weight excluding hydrogens is 414 g/mol. The molecule has 150 valence electrons. The first-order valence-corrected chi connectivity index (χ1v) is 10.6. The Bertz CT molecular complexity index is 1120. The maximum atomic E-state index is 13.6. The van der Waals surface area contributed by atoms with Crippen LogP contribution in [0.5, 0.6) is 0 Å². The van der Waals surface area contributed by atoms with Gasteiger partial charge in [-0.25, -0.2) is 8.42 Å². The number of benzene rings is 2. The number of nitro benzene ring substituents is 1. The number of sulfonamides is 1. The summed E-state index contributed by atoms with van der Waals surface area (Å²) in [4.78, 5) is 14.6. The van der Waals surface area contributed by atoms with Gasteiger partial charge in [0.15, 0.2) is 0 Å². The Labute approximate surface area is 173 Å². The molecule has 0 radical (unpaired) electrons. The van der Waals surface area contributed by atoms with Crippen LogP contribution in [-0.2, 0) is 23.0 Å². The Morgan fingerprint density at radius 1 is 1.14 bits per heavy atom. The molecule has 2 aromatic carbocycles. The summed E-state index contributed by atoms with van der Waals surface area (Å²) in [6, 6.07) is 13.8. The van der Waals surface area contributed by atoms with Crippen LogP contribution in [0.15, 0.2) is 71.9 Å². The number of hydrogen-bond donors (Lipinski definition) is 0. The molecule has 0 fully saturated rings. The number of hydrogen-bond acceptors (Lipinski definition) is 5. The number of aryl methyl sites for hydroxylation is 1. The number of pyridine rings is 1. The van der Waals surface area contributed by atoms with Gasteiger partial charge in [-0.1, -0.05) is 30.7 Å². The van der Waals surface area contributed by atoms with E-state index in [2.05, 4.69) is 4.98 Å². The van der Waals surface area contributed by atoms with E-state index in [-0.39, 0.29) is 17.1 Å². The van der Waals surface area contributed by atoms with Gasteiger partial charge in [-0.05, 0) is 47.9 Å². The van der Waals surface area contributed by atoms with Gasteiger partial charge >= 0.3 is 0 Å². The second kappa shape index (κ2) is 8.59. The van der Waals surface area contributed by atoms with Crippen LogP contribution >= 0.6 is 11.6 Å². The summed E-state index contributed by atoms with van der Waals surface area (Å²) in [7, 11) is -4.11. The summed E-state index contributed by atoms with van der Waals surface area (Å²) in [6.45, 7) is 1.82. The summed E-state index contributed by atoms with van der Waals surface area (Å²) < 4.78 is 28.5. The molecule has 0 spiro atoms. The average Bonchev–Trinajstić information content (AvgIpc) is 2.73. The highest BCUT2D eigenvalue weighted by Crippen LogP contribution is 2.31. The third-order valence-corrected chi connectivity index (χ3v) is 6.48. The lowest BCUT2D eigenvalue weighted by Gasteiger charge is -2.25. The Kier molecular flexibility index (Phi) is 6.14. The largest absolute Gasteiger partial charge is 0.270 e. The lowest BCUT2D eigenvalue weighted by molar-refractivity contribution is -0.385. The predicted molar refractivity (Wildman–Crippen MR) is 112 cm³/mol. The quantitative estimate of drug-likeness (QED) is 0.402. The number of aromatic nitrogens is 1. The van der Waals surface area contributed by atoms with E-state index >= 15 is 0 Å². The van der Waals surface area contributed by atoms with Crippen molar-refractivity contribution in [2.45, 2.75) is 24.8 Å². The molecule has 7 nitrogen and oxygen atoms in total. The monoisotopic (exact) mass is 431 g/mol. The van der Waals surface area contributed by atoms with E-state index in [4.69, 9.17) is 11.6 Å². The topological polar surface area (TPSA) is 93.4 Å². The van der Waals surface area contributed by atoms with Crippen LogP contribution in [0.25, 0.3) is 0 Å². The zero-order valence-electron chi connectivity index (χ0n) is 15.5. The Morgan fingerprint density at radius 2 is 1.86 bits per heavy atom. The molecule has 0 saturated heterocycles. The smallest absolute Gasteiger partial charge is 0.264 e. The molecular formula is C20H18ClN3O4S. The van der Waals surface area contributed by atoms with Crippen molar-refractivity contribution in [3.05, 3.63) is 93.3 Å². The van der Waals surface area contributed by atoms with Crippen molar-refractivity contribution in [1.29, 1.82) is 0 Å². The van der Waals surface area contributed by atoms with Crippen LogP contribution in [0.4, 0.5) is 11.4 Å². The minimum atomic E-state index is -4.11. The lowest BCUT2D eigenvalue weighted by atomic mass is 10.1. The molecule has 3 aromatic rings. The molecule has 9 heteroatoms. The number of halogens is 1. The van der Waals surface area contributed by atoms with Crippen LogP contribution in [0, 0.1) is 10.1 Å². The SMILES string of the molecule is CCc1ccc([N+](=O)[O-])cc1S(=O)(=O)N(Cc1cccnc1)c1ccc(Cl)cc1. The highest BCUT2D eigenvalue weighted by molar-refractivity contribution is 7.92. The molecule has 29 heavy (non-hydrogen) atoms. The van der Waals surface area contributed by atoms with Gasteiger partial charge in [0.2, 0.25) is 0 Å². The molecule has 1 aromatic heterocycles. The van der Waals surface area contributed by atoms with Gasteiger partial charge in [-0.2, -0.15) is 0 Å². The summed E-state index contributed by atoms with van der Waals surface area (Å²) in [6.07, 6.45) is 3.58. The van der Waals surface area contributed by atoms with Gasteiger partial charge in [-0.15, -0.1) is 0 Å². The number of non-ortho nitro benzene ring substituents is 1. The molecule has 0 atom stereocenters. The first kappa shape index (κ1) is 20.8. The number of rotatable bonds is 7. The van der Waals surface area contributed by atoms with Crippen LogP contribution in [0.2, 0.25) is 5.02 Å². The van der Waals surface area contributed by atoms with E-state index in [0.717, 1.165) is 6.07 Å². The van der Waals surface area contributed by atoms with E-state index in [1.54, 1.807) is 55.7 Å². The van der Waals surface area contributed by atoms with Crippen molar-refractivity contribution in [2.75, 3.05) is 4.31 Å². The molecule has 0 aliphatic rings. The normalized spacial score (nSPS) is 11.2.